The molecule has 4 nitrogen and oxygen atoms in total. The van der Waals surface area contributed by atoms with Gasteiger partial charge in [0.15, 0.2) is 11.4 Å². The van der Waals surface area contributed by atoms with E-state index in [9.17, 15) is 4.79 Å². The smallest absolute Gasteiger partial charge is 0.358 e. The Morgan fingerprint density at radius 1 is 1.14 bits per heavy atom. The third-order valence-electron chi connectivity index (χ3n) is 3.17. The van der Waals surface area contributed by atoms with Gasteiger partial charge in [-0.1, -0.05) is 28.1 Å². The highest BCUT2D eigenvalue weighted by molar-refractivity contribution is 9.10. The third kappa shape index (κ3) is 2.85. The van der Waals surface area contributed by atoms with E-state index in [2.05, 4.69) is 20.9 Å². The van der Waals surface area contributed by atoms with Crippen molar-refractivity contribution in [2.24, 2.45) is 0 Å². The molecule has 0 fully saturated rings. The SMILES string of the molecule is CCOC(=O)c1[nH]c2ccccc2c1Oc1ccc(Br)cc1. The number of aromatic nitrogens is 1. The Bertz CT molecular complexity index is 808. The van der Waals surface area contributed by atoms with Gasteiger partial charge in [0.2, 0.25) is 0 Å². The van der Waals surface area contributed by atoms with Crippen molar-refractivity contribution < 1.29 is 14.3 Å². The number of esters is 1. The van der Waals surface area contributed by atoms with Gasteiger partial charge in [-0.25, -0.2) is 4.79 Å². The molecule has 0 aliphatic carbocycles. The highest BCUT2D eigenvalue weighted by Crippen LogP contribution is 2.34. The summed E-state index contributed by atoms with van der Waals surface area (Å²) in [5.41, 5.74) is 1.16. The summed E-state index contributed by atoms with van der Waals surface area (Å²) in [5.74, 6) is 0.709. The van der Waals surface area contributed by atoms with Crippen LogP contribution in [0.3, 0.4) is 0 Å². The van der Waals surface area contributed by atoms with Crippen molar-refractivity contribution in [3.05, 3.63) is 58.7 Å². The zero-order chi connectivity index (χ0) is 15.5. The Morgan fingerprint density at radius 2 is 1.86 bits per heavy atom. The van der Waals surface area contributed by atoms with Crippen molar-refractivity contribution in [3.63, 3.8) is 0 Å². The fourth-order valence-corrected chi connectivity index (χ4v) is 2.45. The number of hydrogen-bond donors (Lipinski definition) is 1. The molecule has 0 saturated heterocycles. The van der Waals surface area contributed by atoms with Crippen LogP contribution in [0, 0.1) is 0 Å². The molecule has 0 radical (unpaired) electrons. The predicted molar refractivity (Wildman–Crippen MR) is 88.5 cm³/mol. The first-order valence-electron chi connectivity index (χ1n) is 6.90. The number of halogens is 1. The summed E-state index contributed by atoms with van der Waals surface area (Å²) in [6.07, 6.45) is 0. The van der Waals surface area contributed by atoms with Crippen molar-refractivity contribution in [1.82, 2.24) is 4.98 Å². The first-order chi connectivity index (χ1) is 10.7. The van der Waals surface area contributed by atoms with Gasteiger partial charge in [-0.2, -0.15) is 0 Å². The van der Waals surface area contributed by atoms with Crippen LogP contribution in [-0.2, 0) is 4.74 Å². The maximum Gasteiger partial charge on any atom is 0.358 e. The van der Waals surface area contributed by atoms with Crippen LogP contribution in [0.4, 0.5) is 0 Å². The quantitative estimate of drug-likeness (QED) is 0.674. The molecule has 22 heavy (non-hydrogen) atoms. The second kappa shape index (κ2) is 6.23. The number of benzene rings is 2. The average molecular weight is 360 g/mol. The number of aromatic amines is 1. The molecule has 0 aliphatic rings. The largest absolute Gasteiger partial charge is 0.461 e. The van der Waals surface area contributed by atoms with E-state index in [1.807, 2.05) is 48.5 Å². The number of fused-ring (bicyclic) bond motifs is 1. The molecule has 3 aromatic rings. The lowest BCUT2D eigenvalue weighted by atomic mass is 10.2. The molecular weight excluding hydrogens is 346 g/mol. The molecule has 3 rings (SSSR count). The average Bonchev–Trinajstić information content (AvgIpc) is 2.89. The van der Waals surface area contributed by atoms with Crippen LogP contribution in [0.15, 0.2) is 53.0 Å². The lowest BCUT2D eigenvalue weighted by Gasteiger charge is -2.07. The molecule has 1 aromatic heterocycles. The van der Waals surface area contributed by atoms with Crippen LogP contribution in [0.25, 0.3) is 10.9 Å². The van der Waals surface area contributed by atoms with Crippen LogP contribution in [0.5, 0.6) is 11.5 Å². The highest BCUT2D eigenvalue weighted by Gasteiger charge is 2.20. The minimum Gasteiger partial charge on any atom is -0.461 e. The Balaban J connectivity index is 2.07. The third-order valence-corrected chi connectivity index (χ3v) is 3.70. The molecule has 0 amide bonds. The Hall–Kier alpha value is -2.27. The van der Waals surface area contributed by atoms with E-state index in [0.29, 0.717) is 23.8 Å². The summed E-state index contributed by atoms with van der Waals surface area (Å²) in [7, 11) is 0. The number of hydrogen-bond acceptors (Lipinski definition) is 3. The lowest BCUT2D eigenvalue weighted by molar-refractivity contribution is 0.0518. The second-order valence-electron chi connectivity index (χ2n) is 4.65. The molecule has 0 bridgehead atoms. The number of carbonyl (C=O) groups excluding carboxylic acids is 1. The van der Waals surface area contributed by atoms with Gasteiger partial charge in [0.1, 0.15) is 5.75 Å². The van der Waals surface area contributed by atoms with E-state index in [4.69, 9.17) is 9.47 Å². The zero-order valence-electron chi connectivity index (χ0n) is 11.9. The summed E-state index contributed by atoms with van der Waals surface area (Å²) in [6, 6.07) is 15.0. The zero-order valence-corrected chi connectivity index (χ0v) is 13.5. The van der Waals surface area contributed by atoms with Crippen molar-refractivity contribution in [3.8, 4) is 11.5 Å². The number of carbonyl (C=O) groups is 1. The summed E-state index contributed by atoms with van der Waals surface area (Å²) in [4.78, 5) is 15.2. The van der Waals surface area contributed by atoms with Gasteiger partial charge in [-0.15, -0.1) is 0 Å². The molecule has 0 unspecified atom stereocenters. The van der Waals surface area contributed by atoms with E-state index >= 15 is 0 Å². The van der Waals surface area contributed by atoms with Gasteiger partial charge >= 0.3 is 5.97 Å². The minimum absolute atomic E-state index is 0.311. The monoisotopic (exact) mass is 359 g/mol. The lowest BCUT2D eigenvalue weighted by Crippen LogP contribution is -2.06. The number of rotatable bonds is 4. The molecule has 0 spiro atoms. The van der Waals surface area contributed by atoms with E-state index in [0.717, 1.165) is 15.4 Å². The van der Waals surface area contributed by atoms with E-state index in [1.54, 1.807) is 6.92 Å². The molecule has 0 saturated carbocycles. The fourth-order valence-electron chi connectivity index (χ4n) is 2.19. The van der Waals surface area contributed by atoms with Gasteiger partial charge in [-0.05, 0) is 43.3 Å². The van der Waals surface area contributed by atoms with Crippen molar-refractivity contribution in [2.45, 2.75) is 6.92 Å². The van der Waals surface area contributed by atoms with Crippen molar-refractivity contribution >= 4 is 32.8 Å². The first kappa shape index (κ1) is 14.7. The van der Waals surface area contributed by atoms with Crippen LogP contribution in [0.2, 0.25) is 0 Å². The van der Waals surface area contributed by atoms with Gasteiger partial charge in [-0.3, -0.25) is 0 Å². The molecule has 1 N–H and O–H groups in total. The topological polar surface area (TPSA) is 51.3 Å². The molecular formula is C17H14BrNO3. The summed E-state index contributed by atoms with van der Waals surface area (Å²) >= 11 is 3.39. The molecule has 5 heteroatoms. The van der Waals surface area contributed by atoms with Crippen LogP contribution >= 0.6 is 15.9 Å². The molecule has 0 atom stereocenters. The Morgan fingerprint density at radius 3 is 2.59 bits per heavy atom. The molecule has 2 aromatic carbocycles. The molecule has 1 heterocycles. The van der Waals surface area contributed by atoms with Crippen molar-refractivity contribution in [2.75, 3.05) is 6.61 Å². The van der Waals surface area contributed by atoms with Crippen LogP contribution in [-0.4, -0.2) is 17.6 Å². The Kier molecular flexibility index (Phi) is 4.15. The highest BCUT2D eigenvalue weighted by atomic mass is 79.9. The number of para-hydroxylation sites is 1. The molecule has 0 aliphatic heterocycles. The number of ether oxygens (including phenoxy) is 2. The van der Waals surface area contributed by atoms with E-state index in [1.165, 1.54) is 0 Å². The minimum atomic E-state index is -0.425. The molecule has 112 valence electrons. The van der Waals surface area contributed by atoms with E-state index in [-0.39, 0.29) is 0 Å². The summed E-state index contributed by atoms with van der Waals surface area (Å²) < 4.78 is 12.0. The van der Waals surface area contributed by atoms with Crippen molar-refractivity contribution in [1.29, 1.82) is 0 Å². The van der Waals surface area contributed by atoms with Gasteiger partial charge in [0.25, 0.3) is 0 Å². The van der Waals surface area contributed by atoms with Gasteiger partial charge in [0, 0.05) is 15.4 Å². The normalized spacial score (nSPS) is 10.6. The van der Waals surface area contributed by atoms with Crippen LogP contribution < -0.4 is 4.74 Å². The standard InChI is InChI=1S/C17H14BrNO3/c1-2-21-17(20)15-16(13-5-3-4-6-14(13)19-15)22-12-9-7-11(18)8-10-12/h3-10,19H,2H2,1H3. The Labute approximate surface area is 136 Å². The van der Waals surface area contributed by atoms with Crippen LogP contribution in [0.1, 0.15) is 17.4 Å². The van der Waals surface area contributed by atoms with Gasteiger partial charge < -0.3 is 14.5 Å². The van der Waals surface area contributed by atoms with Gasteiger partial charge in [0.05, 0.1) is 6.61 Å². The van der Waals surface area contributed by atoms with E-state index < -0.39 is 5.97 Å². The number of nitrogens with one attached hydrogen (secondary N) is 1. The fraction of sp³-hybridized carbons (Fsp3) is 0.118. The summed E-state index contributed by atoms with van der Waals surface area (Å²) in [6.45, 7) is 2.09. The first-order valence-corrected chi connectivity index (χ1v) is 7.69. The summed E-state index contributed by atoms with van der Waals surface area (Å²) in [5, 5.41) is 0.841. The number of H-pyrrole nitrogens is 1. The second-order valence-corrected chi connectivity index (χ2v) is 5.57. The predicted octanol–water partition coefficient (Wildman–Crippen LogP) is 4.90. The maximum absolute atomic E-state index is 12.1. The maximum atomic E-state index is 12.1.